The zero-order valence-electron chi connectivity index (χ0n) is 9.04. The van der Waals surface area contributed by atoms with E-state index in [1.54, 1.807) is 0 Å². The van der Waals surface area contributed by atoms with Gasteiger partial charge >= 0.3 is 0 Å². The second-order valence-corrected chi connectivity index (χ2v) is 2.97. The Labute approximate surface area is 85.8 Å². The standard InChI is InChI=1S/C12H17O2/c1-4-13-12(14-5-2)11-9-7-6-8-10(11)3/h6-9H,4-5H2,1-3H3. The van der Waals surface area contributed by atoms with Gasteiger partial charge in [0.15, 0.2) is 0 Å². The highest BCUT2D eigenvalue weighted by atomic mass is 16.7. The molecule has 0 aliphatic rings. The average molecular weight is 193 g/mol. The summed E-state index contributed by atoms with van der Waals surface area (Å²) in [6.45, 7) is 7.22. The second kappa shape index (κ2) is 5.78. The highest BCUT2D eigenvalue weighted by Gasteiger charge is 2.15. The quantitative estimate of drug-likeness (QED) is 0.715. The van der Waals surface area contributed by atoms with Gasteiger partial charge in [-0.15, -0.1) is 0 Å². The van der Waals surface area contributed by atoms with Gasteiger partial charge in [0.25, 0.3) is 6.29 Å². The summed E-state index contributed by atoms with van der Waals surface area (Å²) in [7, 11) is 0. The number of aryl methyl sites for hydroxylation is 1. The molecule has 1 radical (unpaired) electrons. The van der Waals surface area contributed by atoms with Crippen molar-refractivity contribution < 1.29 is 9.47 Å². The smallest absolute Gasteiger partial charge is 0.256 e. The first-order chi connectivity index (χ1) is 6.79. The molecule has 0 amide bonds. The molecular weight excluding hydrogens is 176 g/mol. The van der Waals surface area contributed by atoms with Gasteiger partial charge in [0.05, 0.1) is 0 Å². The summed E-state index contributed by atoms with van der Waals surface area (Å²) >= 11 is 0. The normalized spacial score (nSPS) is 10.9. The van der Waals surface area contributed by atoms with Gasteiger partial charge in [-0.3, -0.25) is 0 Å². The molecule has 0 aromatic heterocycles. The van der Waals surface area contributed by atoms with Gasteiger partial charge in [-0.1, -0.05) is 24.3 Å². The first-order valence-electron chi connectivity index (χ1n) is 4.98. The molecule has 0 N–H and O–H groups in total. The lowest BCUT2D eigenvalue weighted by atomic mass is 10.1. The van der Waals surface area contributed by atoms with Crippen LogP contribution in [0.4, 0.5) is 0 Å². The molecule has 0 saturated heterocycles. The Hall–Kier alpha value is -0.860. The minimum absolute atomic E-state index is 0.629. The van der Waals surface area contributed by atoms with E-state index < -0.39 is 0 Å². The van der Waals surface area contributed by atoms with Gasteiger partial charge in [0.1, 0.15) is 0 Å². The Morgan fingerprint density at radius 2 is 1.64 bits per heavy atom. The van der Waals surface area contributed by atoms with Crippen molar-refractivity contribution >= 4 is 0 Å². The van der Waals surface area contributed by atoms with Crippen LogP contribution in [0.25, 0.3) is 0 Å². The molecule has 0 spiro atoms. The summed E-state index contributed by atoms with van der Waals surface area (Å²) in [4.78, 5) is 0. The predicted octanol–water partition coefficient (Wildman–Crippen LogP) is 2.91. The van der Waals surface area contributed by atoms with Gasteiger partial charge in [-0.05, 0) is 26.3 Å². The Morgan fingerprint density at radius 1 is 1.07 bits per heavy atom. The summed E-state index contributed by atoms with van der Waals surface area (Å²) in [6.07, 6.45) is 0.633. The van der Waals surface area contributed by atoms with Gasteiger partial charge in [0.2, 0.25) is 0 Å². The van der Waals surface area contributed by atoms with Crippen molar-refractivity contribution in [2.45, 2.75) is 20.8 Å². The lowest BCUT2D eigenvalue weighted by molar-refractivity contribution is -0.0164. The van der Waals surface area contributed by atoms with Crippen LogP contribution in [0.1, 0.15) is 25.0 Å². The number of benzene rings is 1. The first-order valence-corrected chi connectivity index (χ1v) is 4.98. The number of hydrogen-bond donors (Lipinski definition) is 0. The van der Waals surface area contributed by atoms with Crippen LogP contribution in [0.2, 0.25) is 0 Å². The maximum atomic E-state index is 5.44. The van der Waals surface area contributed by atoms with Crippen molar-refractivity contribution in [3.8, 4) is 0 Å². The van der Waals surface area contributed by atoms with Crippen molar-refractivity contribution in [1.29, 1.82) is 0 Å². The highest BCUT2D eigenvalue weighted by Crippen LogP contribution is 2.20. The second-order valence-electron chi connectivity index (χ2n) is 2.97. The SMILES string of the molecule is CCO[C](OCC)c1ccccc1C. The van der Waals surface area contributed by atoms with Crippen LogP contribution >= 0.6 is 0 Å². The van der Waals surface area contributed by atoms with Crippen molar-refractivity contribution in [3.05, 3.63) is 41.7 Å². The third-order valence-corrected chi connectivity index (χ3v) is 1.92. The van der Waals surface area contributed by atoms with E-state index in [-0.39, 0.29) is 0 Å². The maximum Gasteiger partial charge on any atom is 0.256 e. The summed E-state index contributed by atoms with van der Waals surface area (Å²) in [5, 5.41) is 0. The molecule has 2 heteroatoms. The van der Waals surface area contributed by atoms with Gasteiger partial charge in [-0.2, -0.15) is 0 Å². The van der Waals surface area contributed by atoms with E-state index in [2.05, 4.69) is 0 Å². The fraction of sp³-hybridized carbons (Fsp3) is 0.417. The zero-order chi connectivity index (χ0) is 10.4. The van der Waals surface area contributed by atoms with E-state index in [1.165, 1.54) is 5.56 Å². The summed E-state index contributed by atoms with van der Waals surface area (Å²) in [6, 6.07) is 8.05. The minimum atomic E-state index is 0.629. The van der Waals surface area contributed by atoms with Crippen LogP contribution in [-0.2, 0) is 9.47 Å². The third kappa shape index (κ3) is 2.82. The van der Waals surface area contributed by atoms with Crippen molar-refractivity contribution in [1.82, 2.24) is 0 Å². The largest absolute Gasteiger partial charge is 0.342 e. The van der Waals surface area contributed by atoms with Crippen LogP contribution in [0.5, 0.6) is 0 Å². The van der Waals surface area contributed by atoms with Crippen molar-refractivity contribution in [3.63, 3.8) is 0 Å². The van der Waals surface area contributed by atoms with E-state index in [0.29, 0.717) is 19.5 Å². The Kier molecular flexibility index (Phi) is 4.63. The number of rotatable bonds is 5. The zero-order valence-corrected chi connectivity index (χ0v) is 9.04. The molecule has 0 saturated carbocycles. The molecule has 1 aromatic carbocycles. The van der Waals surface area contributed by atoms with E-state index in [1.807, 2.05) is 45.0 Å². The topological polar surface area (TPSA) is 18.5 Å². The van der Waals surface area contributed by atoms with Gasteiger partial charge < -0.3 is 9.47 Å². The Bertz CT molecular complexity index is 265. The first kappa shape index (κ1) is 11.2. The maximum absolute atomic E-state index is 5.44. The molecule has 0 aliphatic heterocycles. The lowest BCUT2D eigenvalue weighted by Gasteiger charge is -2.16. The molecule has 2 nitrogen and oxygen atoms in total. The fourth-order valence-corrected chi connectivity index (χ4v) is 1.26. The Balaban J connectivity index is 2.81. The van der Waals surface area contributed by atoms with Crippen LogP contribution in [-0.4, -0.2) is 13.2 Å². The predicted molar refractivity (Wildman–Crippen MR) is 56.8 cm³/mol. The monoisotopic (exact) mass is 193 g/mol. The van der Waals surface area contributed by atoms with Crippen LogP contribution in [0, 0.1) is 13.2 Å². The molecule has 0 fully saturated rings. The van der Waals surface area contributed by atoms with E-state index in [0.717, 1.165) is 5.56 Å². The van der Waals surface area contributed by atoms with Crippen LogP contribution < -0.4 is 0 Å². The Morgan fingerprint density at radius 3 is 2.14 bits per heavy atom. The molecule has 1 rings (SSSR count). The van der Waals surface area contributed by atoms with Crippen molar-refractivity contribution in [2.75, 3.05) is 13.2 Å². The fourth-order valence-electron chi connectivity index (χ4n) is 1.26. The number of hydrogen-bond acceptors (Lipinski definition) is 2. The lowest BCUT2D eigenvalue weighted by Crippen LogP contribution is -2.11. The minimum Gasteiger partial charge on any atom is -0.342 e. The summed E-state index contributed by atoms with van der Waals surface area (Å²) in [5.41, 5.74) is 2.21. The molecule has 0 heterocycles. The summed E-state index contributed by atoms with van der Waals surface area (Å²) in [5.74, 6) is 0. The van der Waals surface area contributed by atoms with Crippen molar-refractivity contribution in [2.24, 2.45) is 0 Å². The summed E-state index contributed by atoms with van der Waals surface area (Å²) < 4.78 is 10.9. The molecule has 77 valence electrons. The molecule has 0 bridgehead atoms. The van der Waals surface area contributed by atoms with E-state index in [9.17, 15) is 0 Å². The van der Waals surface area contributed by atoms with Gasteiger partial charge in [0, 0.05) is 18.8 Å². The average Bonchev–Trinajstić information content (AvgIpc) is 2.18. The number of ether oxygens (including phenoxy) is 2. The molecule has 1 aromatic rings. The molecule has 0 atom stereocenters. The van der Waals surface area contributed by atoms with E-state index >= 15 is 0 Å². The van der Waals surface area contributed by atoms with Crippen LogP contribution in [0.15, 0.2) is 24.3 Å². The molecule has 0 aliphatic carbocycles. The molecule has 14 heavy (non-hydrogen) atoms. The molecule has 0 unspecified atom stereocenters. The highest BCUT2D eigenvalue weighted by molar-refractivity contribution is 5.32. The molecular formula is C12H17O2. The third-order valence-electron chi connectivity index (χ3n) is 1.92. The van der Waals surface area contributed by atoms with Crippen LogP contribution in [0.3, 0.4) is 0 Å². The van der Waals surface area contributed by atoms with Gasteiger partial charge in [-0.25, -0.2) is 0 Å². The van der Waals surface area contributed by atoms with E-state index in [4.69, 9.17) is 9.47 Å².